The van der Waals surface area contributed by atoms with Crippen molar-refractivity contribution in [3.63, 3.8) is 0 Å². The Bertz CT molecular complexity index is 1100. The number of benzene rings is 4. The summed E-state index contributed by atoms with van der Waals surface area (Å²) in [7, 11) is -0.266. The molecule has 3 nitrogen and oxygen atoms in total. The largest absolute Gasteiger partial charge is 0.508 e. The Labute approximate surface area is 178 Å². The highest BCUT2D eigenvalue weighted by atomic mass is 32.2. The molecule has 0 bridgehead atoms. The molecule has 30 heavy (non-hydrogen) atoms. The molecule has 0 heterocycles. The predicted molar refractivity (Wildman–Crippen MR) is 119 cm³/mol. The van der Waals surface area contributed by atoms with Gasteiger partial charge < -0.3 is 9.84 Å². The maximum absolute atomic E-state index is 12.6. The van der Waals surface area contributed by atoms with Gasteiger partial charge in [0, 0.05) is 5.56 Å². The molecule has 4 aromatic rings. The minimum absolute atomic E-state index is 0.102. The van der Waals surface area contributed by atoms with E-state index in [4.69, 9.17) is 4.74 Å². The first-order valence-electron chi connectivity index (χ1n) is 9.59. The third-order valence-electron chi connectivity index (χ3n) is 4.74. The minimum Gasteiger partial charge on any atom is -0.508 e. The fourth-order valence-electron chi connectivity index (χ4n) is 3.12. The zero-order valence-electron chi connectivity index (χ0n) is 16.5. The van der Waals surface area contributed by atoms with Gasteiger partial charge >= 0.3 is 5.97 Å². The van der Waals surface area contributed by atoms with Gasteiger partial charge in [0.1, 0.15) is 11.5 Å². The molecule has 0 aliphatic heterocycles. The summed E-state index contributed by atoms with van der Waals surface area (Å²) >= 11 is 0. The molecular weight excluding hydrogens is 392 g/mol. The molecule has 0 aliphatic carbocycles. The van der Waals surface area contributed by atoms with Gasteiger partial charge in [-0.1, -0.05) is 42.5 Å². The van der Waals surface area contributed by atoms with Crippen LogP contribution in [-0.4, -0.2) is 11.1 Å². The third-order valence-corrected chi connectivity index (χ3v) is 6.97. The molecule has 0 saturated carbocycles. The molecule has 0 unspecified atom stereocenters. The van der Waals surface area contributed by atoms with E-state index in [-0.39, 0.29) is 16.6 Å². The number of phenolic OH excluding ortho intramolecular Hbond substituents is 1. The average Bonchev–Trinajstić information content (AvgIpc) is 2.79. The van der Waals surface area contributed by atoms with Crippen molar-refractivity contribution in [2.24, 2.45) is 0 Å². The highest BCUT2D eigenvalue weighted by Gasteiger charge is 2.28. The van der Waals surface area contributed by atoms with Crippen LogP contribution < -0.4 is 4.74 Å². The van der Waals surface area contributed by atoms with Crippen molar-refractivity contribution < 1.29 is 14.6 Å². The first kappa shape index (κ1) is 19.8. The van der Waals surface area contributed by atoms with E-state index in [1.807, 2.05) is 48.5 Å². The van der Waals surface area contributed by atoms with Gasteiger partial charge in [-0.25, -0.2) is 4.79 Å². The molecule has 0 spiro atoms. The van der Waals surface area contributed by atoms with Gasteiger partial charge in [-0.15, -0.1) is 0 Å². The molecule has 0 aromatic heterocycles. The van der Waals surface area contributed by atoms with E-state index in [1.165, 1.54) is 9.79 Å². The fourth-order valence-corrected chi connectivity index (χ4v) is 5.20. The molecule has 4 aromatic carbocycles. The summed E-state index contributed by atoms with van der Waals surface area (Å²) in [6, 6.07) is 33.1. The lowest BCUT2D eigenvalue weighted by atomic mass is 10.2. The zero-order valence-corrected chi connectivity index (χ0v) is 17.3. The number of carbonyl (C=O) groups excluding carboxylic acids is 1. The average molecular weight is 414 g/mol. The summed E-state index contributed by atoms with van der Waals surface area (Å²) in [5.41, 5.74) is 1.00. The predicted octanol–water partition coefficient (Wildman–Crippen LogP) is 6.02. The number of aromatic hydroxyl groups is 1. The molecule has 1 N–H and O–H groups in total. The SMILES string of the molecule is Cc1c(O)cccc1OC(=O)c1ccc([S+](c2ccccc2)c2ccccc2)cc1. The van der Waals surface area contributed by atoms with E-state index in [0.717, 1.165) is 4.90 Å². The summed E-state index contributed by atoms with van der Waals surface area (Å²) in [6.45, 7) is 1.71. The second-order valence-electron chi connectivity index (χ2n) is 6.75. The van der Waals surface area contributed by atoms with E-state index < -0.39 is 5.97 Å². The molecule has 0 saturated heterocycles. The van der Waals surface area contributed by atoms with E-state index in [9.17, 15) is 9.90 Å². The maximum atomic E-state index is 12.6. The summed E-state index contributed by atoms with van der Waals surface area (Å²) in [5.74, 6) is 0.0115. The van der Waals surface area contributed by atoms with Crippen LogP contribution in [0.4, 0.5) is 0 Å². The van der Waals surface area contributed by atoms with Crippen molar-refractivity contribution in [3.8, 4) is 11.5 Å². The molecular formula is C26H21O3S+. The highest BCUT2D eigenvalue weighted by molar-refractivity contribution is 7.97. The number of hydrogen-bond donors (Lipinski definition) is 1. The number of rotatable bonds is 5. The summed E-state index contributed by atoms with van der Waals surface area (Å²) in [6.07, 6.45) is 0. The van der Waals surface area contributed by atoms with Crippen LogP contribution in [-0.2, 0) is 10.9 Å². The first-order chi connectivity index (χ1) is 14.6. The highest BCUT2D eigenvalue weighted by Crippen LogP contribution is 2.31. The third kappa shape index (κ3) is 4.24. The van der Waals surface area contributed by atoms with Crippen molar-refractivity contribution in [3.05, 3.63) is 114 Å². The number of esters is 1. The van der Waals surface area contributed by atoms with Gasteiger partial charge in [0.05, 0.1) is 16.5 Å². The van der Waals surface area contributed by atoms with E-state index in [0.29, 0.717) is 16.9 Å². The maximum Gasteiger partial charge on any atom is 0.343 e. The molecule has 148 valence electrons. The van der Waals surface area contributed by atoms with Gasteiger partial charge in [0.25, 0.3) is 0 Å². The molecule has 0 aliphatic rings. The molecule has 0 amide bonds. The van der Waals surface area contributed by atoms with Gasteiger partial charge in [0.15, 0.2) is 14.7 Å². The fraction of sp³-hybridized carbons (Fsp3) is 0.0385. The quantitative estimate of drug-likeness (QED) is 0.247. The van der Waals surface area contributed by atoms with Crippen molar-refractivity contribution in [1.82, 2.24) is 0 Å². The topological polar surface area (TPSA) is 46.5 Å². The standard InChI is InChI=1S/C26H20O3S/c1-19-24(27)13-8-14-25(19)29-26(28)20-15-17-23(18-16-20)30(21-9-4-2-5-10-21)22-11-6-3-7-12-22/h2-18H,1H3/p+1. The van der Waals surface area contributed by atoms with Crippen molar-refractivity contribution in [2.45, 2.75) is 21.6 Å². The second kappa shape index (κ2) is 8.89. The zero-order chi connectivity index (χ0) is 20.9. The summed E-state index contributed by atoms with van der Waals surface area (Å²) < 4.78 is 5.49. The van der Waals surface area contributed by atoms with Crippen LogP contribution in [0.25, 0.3) is 0 Å². The lowest BCUT2D eigenvalue weighted by Crippen LogP contribution is -2.10. The second-order valence-corrected chi connectivity index (χ2v) is 8.77. The Hall–Kier alpha value is -3.50. The van der Waals surface area contributed by atoms with Gasteiger partial charge in [-0.05, 0) is 67.6 Å². The number of carbonyl (C=O) groups is 1. The van der Waals surface area contributed by atoms with Crippen molar-refractivity contribution >= 4 is 16.9 Å². The minimum atomic E-state index is -0.449. The molecule has 0 atom stereocenters. The summed E-state index contributed by atoms with van der Waals surface area (Å²) in [5, 5.41) is 9.81. The van der Waals surface area contributed by atoms with Gasteiger partial charge in [0.2, 0.25) is 0 Å². The van der Waals surface area contributed by atoms with Crippen LogP contribution in [0.3, 0.4) is 0 Å². The van der Waals surface area contributed by atoms with Gasteiger partial charge in [-0.3, -0.25) is 0 Å². The van der Waals surface area contributed by atoms with Crippen molar-refractivity contribution in [2.75, 3.05) is 0 Å². The molecule has 4 heteroatoms. The number of phenols is 1. The van der Waals surface area contributed by atoms with E-state index in [1.54, 1.807) is 37.3 Å². The van der Waals surface area contributed by atoms with Crippen LogP contribution in [0.1, 0.15) is 15.9 Å². The van der Waals surface area contributed by atoms with Crippen LogP contribution >= 0.6 is 0 Å². The summed E-state index contributed by atoms with van der Waals surface area (Å²) in [4.78, 5) is 16.2. The molecule has 4 rings (SSSR count). The Morgan fingerprint density at radius 3 is 1.80 bits per heavy atom. The molecule has 0 radical (unpaired) electrons. The Kier molecular flexibility index (Phi) is 5.87. The normalized spacial score (nSPS) is 10.7. The van der Waals surface area contributed by atoms with Crippen molar-refractivity contribution in [1.29, 1.82) is 0 Å². The van der Waals surface area contributed by atoms with E-state index in [2.05, 4.69) is 24.3 Å². The van der Waals surface area contributed by atoms with Crippen LogP contribution in [0, 0.1) is 6.92 Å². The Morgan fingerprint density at radius 2 is 1.23 bits per heavy atom. The van der Waals surface area contributed by atoms with Crippen LogP contribution in [0.5, 0.6) is 11.5 Å². The monoisotopic (exact) mass is 413 g/mol. The Morgan fingerprint density at radius 1 is 0.700 bits per heavy atom. The number of ether oxygens (including phenoxy) is 1. The lowest BCUT2D eigenvalue weighted by molar-refractivity contribution is 0.0733. The molecule has 0 fully saturated rings. The lowest BCUT2D eigenvalue weighted by Gasteiger charge is -2.10. The van der Waals surface area contributed by atoms with E-state index >= 15 is 0 Å². The number of hydrogen-bond acceptors (Lipinski definition) is 3. The van der Waals surface area contributed by atoms with Crippen LogP contribution in [0.2, 0.25) is 0 Å². The van der Waals surface area contributed by atoms with Crippen LogP contribution in [0.15, 0.2) is 118 Å². The van der Waals surface area contributed by atoms with Gasteiger partial charge in [-0.2, -0.15) is 0 Å². The Balaban J connectivity index is 1.62. The first-order valence-corrected chi connectivity index (χ1v) is 10.8. The smallest absolute Gasteiger partial charge is 0.343 e.